The Morgan fingerprint density at radius 3 is 0.907 bits per heavy atom. The topological polar surface area (TPSA) is 20.2 Å². The summed E-state index contributed by atoms with van der Waals surface area (Å²) < 4.78 is 0. The Balaban J connectivity index is 2.65. The van der Waals surface area contributed by atoms with Gasteiger partial charge in [0.2, 0.25) is 0 Å². The molecule has 0 saturated heterocycles. The maximum Gasteiger partial charge on any atom is 0.119 e. The second-order valence-electron chi connectivity index (χ2n) is 14.2. The van der Waals surface area contributed by atoms with Crippen molar-refractivity contribution < 1.29 is 5.11 Å². The fraction of sp³-hybridized carbons (Fsp3) is 0.857. The van der Waals surface area contributed by atoms with Gasteiger partial charge in [0.15, 0.2) is 0 Å². The zero-order valence-corrected chi connectivity index (χ0v) is 29.9. The third-order valence-electron chi connectivity index (χ3n) is 10.3. The van der Waals surface area contributed by atoms with Gasteiger partial charge in [0.05, 0.1) is 0 Å². The minimum atomic E-state index is 0.159. The molecule has 1 heteroatoms. The highest BCUT2D eigenvalue weighted by Gasteiger charge is 2.33. The first kappa shape index (κ1) is 40.0. The van der Waals surface area contributed by atoms with Gasteiger partial charge in [0, 0.05) is 5.56 Å². The van der Waals surface area contributed by atoms with Gasteiger partial charge in [-0.2, -0.15) is 0 Å². The van der Waals surface area contributed by atoms with Crippen molar-refractivity contribution in [1.82, 2.24) is 0 Å². The molecular weight excluding hydrogens is 520 g/mol. The molecule has 1 aromatic rings. The molecule has 0 unspecified atom stereocenters. The van der Waals surface area contributed by atoms with Gasteiger partial charge in [-0.05, 0) is 30.7 Å². The Labute approximate surface area is 271 Å². The lowest BCUT2D eigenvalue weighted by atomic mass is 9.69. The Hall–Kier alpha value is -0.980. The Morgan fingerprint density at radius 2 is 0.628 bits per heavy atom. The van der Waals surface area contributed by atoms with Gasteiger partial charge in [0.1, 0.15) is 5.75 Å². The normalized spacial score (nSPS) is 11.9. The maximum absolute atomic E-state index is 11.1. The largest absolute Gasteiger partial charge is 0.508 e. The van der Waals surface area contributed by atoms with Crippen molar-refractivity contribution in [2.45, 2.75) is 232 Å². The number of benzene rings is 1. The summed E-state index contributed by atoms with van der Waals surface area (Å²) in [6.07, 6.45) is 44.1. The van der Waals surface area contributed by atoms with E-state index in [1.54, 1.807) is 0 Å². The Kier molecular flexibility index (Phi) is 27.7. The van der Waals surface area contributed by atoms with Crippen molar-refractivity contribution in [3.63, 3.8) is 0 Å². The third kappa shape index (κ3) is 21.4. The van der Waals surface area contributed by atoms with Crippen LogP contribution >= 0.6 is 0 Å². The van der Waals surface area contributed by atoms with Gasteiger partial charge < -0.3 is 5.11 Å². The monoisotopic (exact) mass is 599 g/mol. The van der Waals surface area contributed by atoms with Gasteiger partial charge in [-0.25, -0.2) is 0 Å². The van der Waals surface area contributed by atoms with Crippen LogP contribution in [0, 0.1) is 0 Å². The van der Waals surface area contributed by atoms with Crippen LogP contribution in [-0.4, -0.2) is 5.11 Å². The molecule has 1 rings (SSSR count). The average Bonchev–Trinajstić information content (AvgIpc) is 3.02. The van der Waals surface area contributed by atoms with E-state index in [1.807, 2.05) is 12.1 Å². The molecule has 0 amide bonds. The molecule has 1 N–H and O–H groups in total. The minimum Gasteiger partial charge on any atom is -0.508 e. The van der Waals surface area contributed by atoms with E-state index in [2.05, 4.69) is 32.9 Å². The van der Waals surface area contributed by atoms with Gasteiger partial charge in [-0.3, -0.25) is 0 Å². The number of hydrogen-bond acceptors (Lipinski definition) is 1. The van der Waals surface area contributed by atoms with Crippen LogP contribution in [0.2, 0.25) is 0 Å². The molecule has 0 aromatic heterocycles. The van der Waals surface area contributed by atoms with Crippen LogP contribution in [0.4, 0.5) is 0 Å². The number of para-hydroxylation sites is 1. The quantitative estimate of drug-likeness (QED) is 0.0798. The lowest BCUT2D eigenvalue weighted by Crippen LogP contribution is -2.27. The second-order valence-corrected chi connectivity index (χ2v) is 14.2. The van der Waals surface area contributed by atoms with Crippen LogP contribution in [0.1, 0.15) is 232 Å². The lowest BCUT2D eigenvalue weighted by Gasteiger charge is -2.36. The first-order valence-electron chi connectivity index (χ1n) is 20.0. The van der Waals surface area contributed by atoms with Crippen LogP contribution in [0.5, 0.6) is 5.75 Å². The summed E-state index contributed by atoms with van der Waals surface area (Å²) in [6.45, 7) is 6.92. The summed E-state index contributed by atoms with van der Waals surface area (Å²) in [7, 11) is 0. The van der Waals surface area contributed by atoms with E-state index in [1.165, 1.54) is 211 Å². The van der Waals surface area contributed by atoms with E-state index >= 15 is 0 Å². The number of rotatable bonds is 33. The molecule has 252 valence electrons. The summed E-state index contributed by atoms with van der Waals surface area (Å²) in [5.41, 5.74) is 1.42. The summed E-state index contributed by atoms with van der Waals surface area (Å²) >= 11 is 0. The van der Waals surface area contributed by atoms with E-state index in [0.29, 0.717) is 5.75 Å². The van der Waals surface area contributed by atoms with E-state index in [4.69, 9.17) is 0 Å². The molecule has 0 heterocycles. The van der Waals surface area contributed by atoms with Crippen LogP contribution < -0.4 is 0 Å². The third-order valence-corrected chi connectivity index (χ3v) is 10.3. The Morgan fingerprint density at radius 1 is 0.372 bits per heavy atom. The molecule has 43 heavy (non-hydrogen) atoms. The molecule has 0 aliphatic carbocycles. The number of unbranched alkanes of at least 4 members (excludes halogenated alkanes) is 26. The average molecular weight is 599 g/mol. The zero-order valence-electron chi connectivity index (χ0n) is 29.9. The molecule has 0 aliphatic heterocycles. The second kappa shape index (κ2) is 29.7. The first-order chi connectivity index (χ1) is 21.2. The molecule has 0 saturated carbocycles. The molecule has 1 aromatic carbocycles. The predicted molar refractivity (Wildman–Crippen MR) is 195 cm³/mol. The lowest BCUT2D eigenvalue weighted by molar-refractivity contribution is 0.289. The van der Waals surface area contributed by atoms with Crippen molar-refractivity contribution in [2.24, 2.45) is 0 Å². The fourth-order valence-corrected chi connectivity index (χ4v) is 7.38. The summed E-state index contributed by atoms with van der Waals surface area (Å²) in [6, 6.07) is 8.42. The summed E-state index contributed by atoms with van der Waals surface area (Å²) in [4.78, 5) is 0. The minimum absolute atomic E-state index is 0.159. The SMILES string of the molecule is CCCCCCCCCCCCC(CCCCCCCCCCC)(CCCCCCCCCCCC)c1ccccc1O. The van der Waals surface area contributed by atoms with Gasteiger partial charge in [-0.15, -0.1) is 0 Å². The highest BCUT2D eigenvalue weighted by Crippen LogP contribution is 2.44. The molecule has 0 fully saturated rings. The zero-order chi connectivity index (χ0) is 31.1. The van der Waals surface area contributed by atoms with Crippen LogP contribution in [0.3, 0.4) is 0 Å². The number of phenols is 1. The molecular formula is C42H78O. The molecule has 0 radical (unpaired) electrons. The van der Waals surface area contributed by atoms with Gasteiger partial charge in [-0.1, -0.05) is 225 Å². The molecule has 0 spiro atoms. The molecule has 1 nitrogen and oxygen atoms in total. The summed E-state index contributed by atoms with van der Waals surface area (Å²) in [5, 5.41) is 11.1. The van der Waals surface area contributed by atoms with Crippen molar-refractivity contribution >= 4 is 0 Å². The van der Waals surface area contributed by atoms with Crippen molar-refractivity contribution in [3.8, 4) is 5.75 Å². The van der Waals surface area contributed by atoms with Crippen molar-refractivity contribution in [3.05, 3.63) is 29.8 Å². The number of aromatic hydroxyl groups is 1. The number of phenolic OH excluding ortho intramolecular Hbond substituents is 1. The van der Waals surface area contributed by atoms with E-state index in [9.17, 15) is 5.11 Å². The smallest absolute Gasteiger partial charge is 0.119 e. The van der Waals surface area contributed by atoms with E-state index in [-0.39, 0.29) is 5.41 Å². The molecule has 0 atom stereocenters. The van der Waals surface area contributed by atoms with Crippen LogP contribution in [0.25, 0.3) is 0 Å². The highest BCUT2D eigenvalue weighted by molar-refractivity contribution is 5.38. The predicted octanol–water partition coefficient (Wildman–Crippen LogP) is 15.2. The summed E-state index contributed by atoms with van der Waals surface area (Å²) in [5.74, 6) is 0.553. The van der Waals surface area contributed by atoms with E-state index in [0.717, 1.165) is 0 Å². The highest BCUT2D eigenvalue weighted by atomic mass is 16.3. The Bertz CT molecular complexity index is 670. The maximum atomic E-state index is 11.1. The van der Waals surface area contributed by atoms with Crippen LogP contribution in [-0.2, 0) is 5.41 Å². The molecule has 0 bridgehead atoms. The van der Waals surface area contributed by atoms with Crippen molar-refractivity contribution in [2.75, 3.05) is 0 Å². The van der Waals surface area contributed by atoms with Gasteiger partial charge in [0.25, 0.3) is 0 Å². The number of hydrogen-bond donors (Lipinski definition) is 1. The standard InChI is InChI=1S/C42H78O/c1-4-7-10-13-16-19-22-25-28-33-38-42(40-35-30-31-36-41(40)43,37-32-27-24-21-18-15-12-9-6-3)39-34-29-26-23-20-17-14-11-8-5-2/h30-31,35-36,43H,4-29,32-34,37-39H2,1-3H3. The fourth-order valence-electron chi connectivity index (χ4n) is 7.38. The molecule has 0 aliphatic rings. The van der Waals surface area contributed by atoms with Crippen LogP contribution in [0.15, 0.2) is 24.3 Å². The van der Waals surface area contributed by atoms with Crippen molar-refractivity contribution in [1.29, 1.82) is 0 Å². The van der Waals surface area contributed by atoms with E-state index < -0.39 is 0 Å². The van der Waals surface area contributed by atoms with Gasteiger partial charge >= 0.3 is 0 Å². The first-order valence-corrected chi connectivity index (χ1v) is 20.0.